The summed E-state index contributed by atoms with van der Waals surface area (Å²) in [6.07, 6.45) is -0.122. The van der Waals surface area contributed by atoms with Crippen LogP contribution in [-0.4, -0.2) is 30.6 Å². The molecule has 24 heavy (non-hydrogen) atoms. The first-order valence-electron chi connectivity index (χ1n) is 7.53. The smallest absolute Gasteiger partial charge is 0.317 e. The van der Waals surface area contributed by atoms with Crippen molar-refractivity contribution in [3.8, 4) is 6.07 Å². The van der Waals surface area contributed by atoms with Crippen LogP contribution in [0.3, 0.4) is 0 Å². The number of nitriles is 1. The number of carbonyl (C=O) groups is 1. The minimum absolute atomic E-state index is 0.0429. The van der Waals surface area contributed by atoms with Crippen LogP contribution >= 0.6 is 11.3 Å². The fourth-order valence-corrected chi connectivity index (χ4v) is 3.31. The van der Waals surface area contributed by atoms with E-state index in [0.717, 1.165) is 4.88 Å². The van der Waals surface area contributed by atoms with Gasteiger partial charge in [0.1, 0.15) is 11.9 Å². The van der Waals surface area contributed by atoms with Gasteiger partial charge in [-0.05, 0) is 29.6 Å². The number of nitrogens with zero attached hydrogens (tertiary/aromatic N) is 2. The zero-order valence-electron chi connectivity index (χ0n) is 12.9. The molecule has 2 aromatic rings. The third kappa shape index (κ3) is 3.72. The number of thiophene rings is 1. The lowest BCUT2D eigenvalue weighted by Crippen LogP contribution is -2.46. The van der Waals surface area contributed by atoms with Gasteiger partial charge in [0, 0.05) is 23.5 Å². The van der Waals surface area contributed by atoms with E-state index < -0.39 is 5.82 Å². The minimum Gasteiger partial charge on any atom is -0.369 e. The Bertz CT molecular complexity index is 758. The average molecular weight is 345 g/mol. The molecule has 1 aliphatic rings. The van der Waals surface area contributed by atoms with Gasteiger partial charge in [0.05, 0.1) is 24.8 Å². The van der Waals surface area contributed by atoms with Crippen molar-refractivity contribution in [2.45, 2.75) is 12.6 Å². The van der Waals surface area contributed by atoms with E-state index >= 15 is 0 Å². The highest BCUT2D eigenvalue weighted by Crippen LogP contribution is 2.26. The van der Waals surface area contributed by atoms with E-state index in [1.165, 1.54) is 18.2 Å². The second kappa shape index (κ2) is 7.43. The number of carbonyl (C=O) groups excluding carboxylic acids is 1. The predicted molar refractivity (Wildman–Crippen MR) is 87.9 cm³/mol. The monoisotopic (exact) mass is 345 g/mol. The number of hydrogen-bond donors (Lipinski definition) is 1. The Kier molecular flexibility index (Phi) is 5.08. The Morgan fingerprint density at radius 2 is 2.38 bits per heavy atom. The lowest BCUT2D eigenvalue weighted by Gasteiger charge is -2.32. The van der Waals surface area contributed by atoms with Crippen LogP contribution in [0.25, 0.3) is 0 Å². The van der Waals surface area contributed by atoms with Crippen molar-refractivity contribution in [3.63, 3.8) is 0 Å². The van der Waals surface area contributed by atoms with E-state index in [9.17, 15) is 9.18 Å². The van der Waals surface area contributed by atoms with Crippen molar-refractivity contribution in [2.75, 3.05) is 19.7 Å². The SMILES string of the molecule is N#Cc1ccc(F)c(CNC(=O)N2CCOC(c3cccs3)C2)c1. The molecule has 3 rings (SSSR count). The Morgan fingerprint density at radius 1 is 1.50 bits per heavy atom. The van der Waals surface area contributed by atoms with Gasteiger partial charge in [-0.1, -0.05) is 6.07 Å². The van der Waals surface area contributed by atoms with Crippen LogP contribution in [0.5, 0.6) is 0 Å². The highest BCUT2D eigenvalue weighted by molar-refractivity contribution is 7.10. The zero-order valence-corrected chi connectivity index (χ0v) is 13.7. The molecule has 0 spiro atoms. The van der Waals surface area contributed by atoms with Crippen LogP contribution in [-0.2, 0) is 11.3 Å². The number of morpholine rings is 1. The van der Waals surface area contributed by atoms with Gasteiger partial charge in [0.15, 0.2) is 0 Å². The van der Waals surface area contributed by atoms with Crippen LogP contribution in [0.2, 0.25) is 0 Å². The van der Waals surface area contributed by atoms with Gasteiger partial charge in [0.25, 0.3) is 0 Å². The molecular formula is C17H16FN3O2S. The van der Waals surface area contributed by atoms with E-state index in [1.807, 2.05) is 23.6 Å². The Hall–Kier alpha value is -2.43. The number of urea groups is 1. The normalized spacial score (nSPS) is 17.3. The lowest BCUT2D eigenvalue weighted by atomic mass is 10.1. The molecule has 2 heterocycles. The zero-order chi connectivity index (χ0) is 16.9. The van der Waals surface area contributed by atoms with Gasteiger partial charge in [-0.25, -0.2) is 9.18 Å². The molecule has 0 radical (unpaired) electrons. The molecule has 0 bridgehead atoms. The summed E-state index contributed by atoms with van der Waals surface area (Å²) in [6.45, 7) is 1.47. The average Bonchev–Trinajstić information content (AvgIpc) is 3.15. The second-order valence-corrected chi connectivity index (χ2v) is 6.38. The first kappa shape index (κ1) is 16.4. The molecule has 124 valence electrons. The molecule has 1 unspecified atom stereocenters. The van der Waals surface area contributed by atoms with Gasteiger partial charge >= 0.3 is 6.03 Å². The van der Waals surface area contributed by atoms with E-state index in [2.05, 4.69) is 5.32 Å². The third-order valence-corrected chi connectivity index (χ3v) is 4.78. The van der Waals surface area contributed by atoms with Crippen molar-refractivity contribution in [1.29, 1.82) is 5.26 Å². The summed E-state index contributed by atoms with van der Waals surface area (Å²) in [5.41, 5.74) is 0.662. The van der Waals surface area contributed by atoms with Crippen molar-refractivity contribution >= 4 is 17.4 Å². The van der Waals surface area contributed by atoms with Crippen molar-refractivity contribution in [2.24, 2.45) is 0 Å². The number of nitrogens with one attached hydrogen (secondary N) is 1. The predicted octanol–water partition coefficient (Wildman–Crippen LogP) is 3.04. The first-order chi connectivity index (χ1) is 11.7. The largest absolute Gasteiger partial charge is 0.369 e. The van der Waals surface area contributed by atoms with Crippen LogP contribution < -0.4 is 5.32 Å². The number of halogens is 1. The van der Waals surface area contributed by atoms with Crippen LogP contribution in [0.1, 0.15) is 22.1 Å². The summed E-state index contributed by atoms with van der Waals surface area (Å²) in [5, 5.41) is 13.6. The number of ether oxygens (including phenoxy) is 1. The third-order valence-electron chi connectivity index (χ3n) is 3.82. The summed E-state index contributed by atoms with van der Waals surface area (Å²) in [4.78, 5) is 15.1. The molecule has 1 fully saturated rings. The minimum atomic E-state index is -0.437. The van der Waals surface area contributed by atoms with Crippen molar-refractivity contribution < 1.29 is 13.9 Å². The maximum atomic E-state index is 13.8. The number of hydrogen-bond acceptors (Lipinski definition) is 4. The van der Waals surface area contributed by atoms with Gasteiger partial charge in [-0.15, -0.1) is 11.3 Å². The van der Waals surface area contributed by atoms with Gasteiger partial charge in [-0.2, -0.15) is 5.26 Å². The van der Waals surface area contributed by atoms with Crippen LogP contribution in [0.15, 0.2) is 35.7 Å². The van der Waals surface area contributed by atoms with E-state index in [-0.39, 0.29) is 18.7 Å². The summed E-state index contributed by atoms with van der Waals surface area (Å²) in [6, 6.07) is 9.73. The summed E-state index contributed by atoms with van der Waals surface area (Å²) >= 11 is 1.60. The fraction of sp³-hybridized carbons (Fsp3) is 0.294. The molecule has 1 N–H and O–H groups in total. The quantitative estimate of drug-likeness (QED) is 0.930. The fourth-order valence-electron chi connectivity index (χ4n) is 2.54. The first-order valence-corrected chi connectivity index (χ1v) is 8.41. The molecule has 2 amide bonds. The van der Waals surface area contributed by atoms with E-state index in [1.54, 1.807) is 16.2 Å². The number of amides is 2. The Labute approximate surface area is 143 Å². The Morgan fingerprint density at radius 3 is 3.12 bits per heavy atom. The lowest BCUT2D eigenvalue weighted by molar-refractivity contribution is -0.0136. The standard InChI is InChI=1S/C17H16FN3O2S/c18-14-4-3-12(9-19)8-13(14)10-20-17(22)21-5-6-23-15(11-21)16-2-1-7-24-16/h1-4,7-8,15H,5-6,10-11H2,(H,20,22). The highest BCUT2D eigenvalue weighted by Gasteiger charge is 2.25. The van der Waals surface area contributed by atoms with E-state index in [4.69, 9.17) is 10.00 Å². The summed E-state index contributed by atoms with van der Waals surface area (Å²) in [7, 11) is 0. The maximum absolute atomic E-state index is 13.8. The number of rotatable bonds is 3. The molecule has 1 aromatic heterocycles. The molecule has 5 nitrogen and oxygen atoms in total. The Balaban J connectivity index is 1.60. The summed E-state index contributed by atoms with van der Waals surface area (Å²) < 4.78 is 19.5. The molecular weight excluding hydrogens is 329 g/mol. The van der Waals surface area contributed by atoms with Gasteiger partial charge in [0.2, 0.25) is 0 Å². The topological polar surface area (TPSA) is 65.4 Å². The summed E-state index contributed by atoms with van der Waals surface area (Å²) in [5.74, 6) is -0.437. The molecule has 1 aliphatic heterocycles. The van der Waals surface area contributed by atoms with Crippen molar-refractivity contribution in [3.05, 3.63) is 57.5 Å². The molecule has 1 aromatic carbocycles. The van der Waals surface area contributed by atoms with Crippen LogP contribution in [0, 0.1) is 17.1 Å². The van der Waals surface area contributed by atoms with Crippen LogP contribution in [0.4, 0.5) is 9.18 Å². The molecule has 0 saturated carbocycles. The maximum Gasteiger partial charge on any atom is 0.317 e. The second-order valence-electron chi connectivity index (χ2n) is 5.40. The van der Waals surface area contributed by atoms with Gasteiger partial charge in [-0.3, -0.25) is 0 Å². The van der Waals surface area contributed by atoms with Gasteiger partial charge < -0.3 is 15.0 Å². The molecule has 7 heteroatoms. The van der Waals surface area contributed by atoms with E-state index in [0.29, 0.717) is 30.8 Å². The molecule has 0 aliphatic carbocycles. The van der Waals surface area contributed by atoms with Crippen molar-refractivity contribution in [1.82, 2.24) is 10.2 Å². The highest BCUT2D eigenvalue weighted by atomic mass is 32.1. The number of benzene rings is 1. The molecule has 1 atom stereocenters. The molecule has 1 saturated heterocycles.